The highest BCUT2D eigenvalue weighted by molar-refractivity contribution is 7.17. The second-order valence-electron chi connectivity index (χ2n) is 6.17. The van der Waals surface area contributed by atoms with Gasteiger partial charge < -0.3 is 5.32 Å². The first-order valence-electron chi connectivity index (χ1n) is 7.97. The summed E-state index contributed by atoms with van der Waals surface area (Å²) in [7, 11) is 0. The number of aromatic nitrogens is 1. The average Bonchev–Trinajstić information content (AvgIpc) is 2.92. The van der Waals surface area contributed by atoms with E-state index in [4.69, 9.17) is 0 Å². The first kappa shape index (κ1) is 17.3. The van der Waals surface area contributed by atoms with E-state index in [0.717, 1.165) is 21.7 Å². The topological polar surface area (TPSA) is 42.0 Å². The highest BCUT2D eigenvalue weighted by Crippen LogP contribution is 2.31. The number of carbonyl (C=O) groups excluding carboxylic acids is 1. The summed E-state index contributed by atoms with van der Waals surface area (Å²) in [5, 5.41) is 3.60. The third-order valence-electron chi connectivity index (χ3n) is 4.06. The van der Waals surface area contributed by atoms with Crippen LogP contribution in [-0.4, -0.2) is 10.9 Å². The molecule has 0 unspecified atom stereocenters. The van der Waals surface area contributed by atoms with Crippen molar-refractivity contribution in [3.8, 4) is 10.6 Å². The molecule has 0 saturated heterocycles. The second-order valence-corrected chi connectivity index (χ2v) is 7.16. The van der Waals surface area contributed by atoms with Gasteiger partial charge in [0, 0.05) is 11.3 Å². The van der Waals surface area contributed by atoms with E-state index in [1.807, 2.05) is 39.8 Å². The van der Waals surface area contributed by atoms with E-state index in [9.17, 15) is 9.18 Å². The summed E-state index contributed by atoms with van der Waals surface area (Å²) in [5.41, 5.74) is 5.30. The van der Waals surface area contributed by atoms with Gasteiger partial charge in [-0.05, 0) is 51.0 Å². The molecule has 0 fully saturated rings. The first-order valence-corrected chi connectivity index (χ1v) is 8.79. The molecule has 3 rings (SSSR count). The van der Waals surface area contributed by atoms with Crippen LogP contribution >= 0.6 is 11.3 Å². The molecule has 5 heteroatoms. The monoisotopic (exact) mass is 354 g/mol. The number of anilines is 1. The van der Waals surface area contributed by atoms with Gasteiger partial charge in [0.1, 0.15) is 15.7 Å². The second kappa shape index (κ2) is 6.76. The lowest BCUT2D eigenvalue weighted by Crippen LogP contribution is -2.12. The maximum Gasteiger partial charge on any atom is 0.267 e. The van der Waals surface area contributed by atoms with Gasteiger partial charge in [0.2, 0.25) is 0 Å². The molecule has 3 nitrogen and oxygen atoms in total. The average molecular weight is 354 g/mol. The Labute approximate surface area is 150 Å². The van der Waals surface area contributed by atoms with Crippen molar-refractivity contribution in [2.24, 2.45) is 0 Å². The number of halogens is 1. The minimum atomic E-state index is -0.377. The molecular weight excluding hydrogens is 335 g/mol. The fraction of sp³-hybridized carbons (Fsp3) is 0.200. The number of rotatable bonds is 3. The van der Waals surface area contributed by atoms with Crippen LogP contribution in [0.2, 0.25) is 0 Å². The number of amides is 1. The van der Waals surface area contributed by atoms with Gasteiger partial charge in [-0.3, -0.25) is 4.79 Å². The molecule has 0 aliphatic rings. The maximum absolute atomic E-state index is 13.4. The third kappa shape index (κ3) is 3.61. The van der Waals surface area contributed by atoms with Crippen LogP contribution in [0.25, 0.3) is 10.6 Å². The number of nitrogens with one attached hydrogen (secondary N) is 1. The fourth-order valence-electron chi connectivity index (χ4n) is 2.68. The van der Waals surface area contributed by atoms with Crippen LogP contribution in [-0.2, 0) is 0 Å². The van der Waals surface area contributed by atoms with Crippen molar-refractivity contribution in [1.82, 2.24) is 4.98 Å². The molecule has 0 bridgehead atoms. The molecule has 3 aromatic rings. The van der Waals surface area contributed by atoms with E-state index < -0.39 is 0 Å². The summed E-state index contributed by atoms with van der Waals surface area (Å²) in [6, 6.07) is 10.5. The van der Waals surface area contributed by atoms with Gasteiger partial charge in [-0.25, -0.2) is 9.37 Å². The number of benzene rings is 2. The summed E-state index contributed by atoms with van der Waals surface area (Å²) in [6.45, 7) is 7.73. The van der Waals surface area contributed by atoms with E-state index >= 15 is 0 Å². The molecule has 1 aromatic heterocycles. The van der Waals surface area contributed by atoms with E-state index in [1.54, 1.807) is 6.07 Å². The van der Waals surface area contributed by atoms with Crippen LogP contribution in [0, 0.1) is 33.5 Å². The number of nitrogens with zero attached hydrogens (tertiary/aromatic N) is 1. The predicted octanol–water partition coefficient (Wildman–Crippen LogP) is 5.44. The zero-order chi connectivity index (χ0) is 18.1. The molecule has 1 N–H and O–H groups in total. The predicted molar refractivity (Wildman–Crippen MR) is 101 cm³/mol. The van der Waals surface area contributed by atoms with Crippen molar-refractivity contribution in [2.75, 3.05) is 5.32 Å². The molecule has 25 heavy (non-hydrogen) atoms. The molecular formula is C20H19FN2OS. The Morgan fingerprint density at radius 2 is 1.80 bits per heavy atom. The third-order valence-corrected chi connectivity index (χ3v) is 5.25. The van der Waals surface area contributed by atoms with E-state index in [0.29, 0.717) is 16.3 Å². The zero-order valence-electron chi connectivity index (χ0n) is 14.6. The van der Waals surface area contributed by atoms with Gasteiger partial charge in [-0.15, -0.1) is 11.3 Å². The molecule has 0 aliphatic carbocycles. The standard InChI is InChI=1S/C20H19FN2OS/c1-11-5-8-16(13(3)9-11)20-22-14(4)18(25-20)19(24)23-17-10-15(21)7-6-12(17)2/h5-10H,1-4H3,(H,23,24). The van der Waals surface area contributed by atoms with Crippen LogP contribution in [0.1, 0.15) is 32.1 Å². The number of thiazole rings is 1. The smallest absolute Gasteiger partial charge is 0.267 e. The Bertz CT molecular complexity index is 962. The minimum Gasteiger partial charge on any atom is -0.321 e. The Balaban J connectivity index is 1.92. The van der Waals surface area contributed by atoms with Gasteiger partial charge in [-0.1, -0.05) is 29.8 Å². The fourth-order valence-corrected chi connectivity index (χ4v) is 3.74. The zero-order valence-corrected chi connectivity index (χ0v) is 15.4. The molecule has 0 atom stereocenters. The first-order chi connectivity index (χ1) is 11.8. The summed E-state index contributed by atoms with van der Waals surface area (Å²) >= 11 is 1.35. The van der Waals surface area contributed by atoms with Gasteiger partial charge in [0.15, 0.2) is 0 Å². The molecule has 0 spiro atoms. The molecule has 0 radical (unpaired) electrons. The lowest BCUT2D eigenvalue weighted by Gasteiger charge is -2.07. The summed E-state index contributed by atoms with van der Waals surface area (Å²) in [5.74, 6) is -0.641. The van der Waals surface area contributed by atoms with Crippen molar-refractivity contribution < 1.29 is 9.18 Å². The molecule has 128 valence electrons. The molecule has 2 aromatic carbocycles. The van der Waals surface area contributed by atoms with Crippen molar-refractivity contribution >= 4 is 22.9 Å². The SMILES string of the molecule is Cc1ccc(-c2nc(C)c(C(=O)Nc3cc(F)ccc3C)s2)c(C)c1. The van der Waals surface area contributed by atoms with Crippen LogP contribution in [0.4, 0.5) is 10.1 Å². The highest BCUT2D eigenvalue weighted by Gasteiger charge is 2.18. The number of aryl methyl sites for hydroxylation is 4. The highest BCUT2D eigenvalue weighted by atomic mass is 32.1. The molecule has 1 heterocycles. The van der Waals surface area contributed by atoms with Crippen molar-refractivity contribution in [2.45, 2.75) is 27.7 Å². The van der Waals surface area contributed by atoms with Gasteiger partial charge in [0.25, 0.3) is 5.91 Å². The maximum atomic E-state index is 13.4. The van der Waals surface area contributed by atoms with Crippen LogP contribution < -0.4 is 5.32 Å². The summed E-state index contributed by atoms with van der Waals surface area (Å²) < 4.78 is 13.4. The molecule has 1 amide bonds. The van der Waals surface area contributed by atoms with Crippen molar-refractivity contribution in [1.29, 1.82) is 0 Å². The lowest BCUT2D eigenvalue weighted by molar-refractivity contribution is 0.102. The number of carbonyl (C=O) groups is 1. The Morgan fingerprint density at radius 1 is 1.04 bits per heavy atom. The van der Waals surface area contributed by atoms with Crippen LogP contribution in [0.3, 0.4) is 0 Å². The van der Waals surface area contributed by atoms with E-state index in [2.05, 4.69) is 16.4 Å². The van der Waals surface area contributed by atoms with E-state index in [1.165, 1.54) is 29.0 Å². The van der Waals surface area contributed by atoms with E-state index in [-0.39, 0.29) is 11.7 Å². The molecule has 0 saturated carbocycles. The summed E-state index contributed by atoms with van der Waals surface area (Å²) in [4.78, 5) is 17.7. The van der Waals surface area contributed by atoms with Gasteiger partial charge in [0.05, 0.1) is 5.69 Å². The number of hydrogen-bond donors (Lipinski definition) is 1. The normalized spacial score (nSPS) is 10.8. The summed E-state index contributed by atoms with van der Waals surface area (Å²) in [6.07, 6.45) is 0. The van der Waals surface area contributed by atoms with Crippen molar-refractivity contribution in [3.05, 3.63) is 69.5 Å². The number of hydrogen-bond acceptors (Lipinski definition) is 3. The quantitative estimate of drug-likeness (QED) is 0.681. The van der Waals surface area contributed by atoms with Crippen LogP contribution in [0.5, 0.6) is 0 Å². The Hall–Kier alpha value is -2.53. The van der Waals surface area contributed by atoms with Crippen LogP contribution in [0.15, 0.2) is 36.4 Å². The largest absolute Gasteiger partial charge is 0.321 e. The van der Waals surface area contributed by atoms with Gasteiger partial charge >= 0.3 is 0 Å². The Kier molecular flexibility index (Phi) is 4.68. The van der Waals surface area contributed by atoms with Gasteiger partial charge in [-0.2, -0.15) is 0 Å². The Morgan fingerprint density at radius 3 is 2.52 bits per heavy atom. The lowest BCUT2D eigenvalue weighted by atomic mass is 10.1. The minimum absolute atomic E-state index is 0.264. The molecule has 0 aliphatic heterocycles. The van der Waals surface area contributed by atoms with Crippen molar-refractivity contribution in [3.63, 3.8) is 0 Å².